The summed E-state index contributed by atoms with van der Waals surface area (Å²) >= 11 is 0. The van der Waals surface area contributed by atoms with Crippen molar-refractivity contribution >= 4 is 41.4 Å². The van der Waals surface area contributed by atoms with Crippen LogP contribution in [-0.4, -0.2) is 10.4 Å². The fourth-order valence-corrected chi connectivity index (χ4v) is 3.36. The van der Waals surface area contributed by atoms with Gasteiger partial charge in [-0.2, -0.15) is 0 Å². The molecule has 1 heterocycles. The van der Waals surface area contributed by atoms with Crippen molar-refractivity contribution in [2.24, 2.45) is 17.4 Å². The van der Waals surface area contributed by atoms with E-state index in [1.54, 1.807) is 16.7 Å². The van der Waals surface area contributed by atoms with Gasteiger partial charge in [-0.1, -0.05) is 50.2 Å². The third kappa shape index (κ3) is 4.38. The number of aromatic nitrogens is 1. The van der Waals surface area contributed by atoms with Crippen molar-refractivity contribution in [2.75, 3.05) is 0 Å². The maximum absolute atomic E-state index is 13.1. The van der Waals surface area contributed by atoms with Crippen LogP contribution in [0.5, 0.6) is 0 Å². The minimum absolute atomic E-state index is 0. The Labute approximate surface area is 177 Å². The highest BCUT2D eigenvalue weighted by Crippen LogP contribution is 2.31. The van der Waals surface area contributed by atoms with Crippen molar-refractivity contribution in [3.05, 3.63) is 70.1 Å². The van der Waals surface area contributed by atoms with E-state index in [0.29, 0.717) is 23.4 Å². The van der Waals surface area contributed by atoms with E-state index in [2.05, 4.69) is 13.8 Å². The van der Waals surface area contributed by atoms with Crippen molar-refractivity contribution < 1.29 is 0 Å². The molecule has 0 amide bonds. The van der Waals surface area contributed by atoms with Gasteiger partial charge in [0.1, 0.15) is 5.84 Å². The number of nitrogen functional groups attached to an aromatic ring is 1. The lowest BCUT2D eigenvalue weighted by Crippen LogP contribution is -2.28. The lowest BCUT2D eigenvalue weighted by molar-refractivity contribution is 0.499. The third-order valence-corrected chi connectivity index (χ3v) is 4.49. The topological polar surface area (TPSA) is 97.9 Å². The number of fused-ring (bicyclic) bond motifs is 1. The van der Waals surface area contributed by atoms with E-state index in [0.717, 1.165) is 22.2 Å². The normalized spacial score (nSPS) is 10.4. The van der Waals surface area contributed by atoms with Gasteiger partial charge in [0.2, 0.25) is 0 Å². The SMILES string of the molecule is CC(C)Cn1c(CN)c(-c2ccccc2)c2cc(C(=N)N)ccc2c1=O.Cl.Cl. The molecule has 3 aromatic rings. The molecule has 0 bridgehead atoms. The second kappa shape index (κ2) is 9.73. The molecule has 0 atom stereocenters. The number of hydrogen-bond acceptors (Lipinski definition) is 3. The second-order valence-electron chi connectivity index (χ2n) is 6.88. The highest BCUT2D eigenvalue weighted by Gasteiger charge is 2.18. The van der Waals surface area contributed by atoms with E-state index in [1.165, 1.54) is 0 Å². The molecular weight excluding hydrogens is 395 g/mol. The van der Waals surface area contributed by atoms with Crippen LogP contribution in [0.1, 0.15) is 25.1 Å². The average Bonchev–Trinajstić information content (AvgIpc) is 2.63. The van der Waals surface area contributed by atoms with Gasteiger partial charge in [0.05, 0.1) is 0 Å². The Morgan fingerprint density at radius 3 is 2.25 bits per heavy atom. The fourth-order valence-electron chi connectivity index (χ4n) is 3.36. The van der Waals surface area contributed by atoms with Gasteiger partial charge >= 0.3 is 0 Å². The monoisotopic (exact) mass is 420 g/mol. The van der Waals surface area contributed by atoms with Gasteiger partial charge in [-0.3, -0.25) is 10.2 Å². The van der Waals surface area contributed by atoms with Crippen molar-refractivity contribution in [2.45, 2.75) is 26.9 Å². The van der Waals surface area contributed by atoms with Gasteiger partial charge in [0, 0.05) is 35.3 Å². The van der Waals surface area contributed by atoms with E-state index in [-0.39, 0.29) is 42.8 Å². The maximum Gasteiger partial charge on any atom is 0.258 e. The molecule has 0 aliphatic rings. The van der Waals surface area contributed by atoms with Crippen molar-refractivity contribution in [1.29, 1.82) is 5.41 Å². The minimum atomic E-state index is -0.0519. The maximum atomic E-state index is 13.1. The highest BCUT2D eigenvalue weighted by atomic mass is 35.5. The first-order chi connectivity index (χ1) is 12.4. The highest BCUT2D eigenvalue weighted by molar-refractivity contribution is 6.03. The largest absolute Gasteiger partial charge is 0.384 e. The molecular formula is C21H26Cl2N4O. The molecule has 150 valence electrons. The van der Waals surface area contributed by atoms with E-state index < -0.39 is 0 Å². The molecule has 0 unspecified atom stereocenters. The number of benzene rings is 2. The molecule has 1 aromatic heterocycles. The summed E-state index contributed by atoms with van der Waals surface area (Å²) in [6, 6.07) is 15.2. The summed E-state index contributed by atoms with van der Waals surface area (Å²) in [5.74, 6) is 0.294. The van der Waals surface area contributed by atoms with Crippen LogP contribution in [0, 0.1) is 11.3 Å². The second-order valence-corrected chi connectivity index (χ2v) is 6.88. The quantitative estimate of drug-likeness (QED) is 0.430. The summed E-state index contributed by atoms with van der Waals surface area (Å²) in [4.78, 5) is 13.1. The van der Waals surface area contributed by atoms with Crippen LogP contribution < -0.4 is 17.0 Å². The number of pyridine rings is 1. The summed E-state index contributed by atoms with van der Waals surface area (Å²) < 4.78 is 1.79. The first kappa shape index (κ1) is 23.7. The lowest BCUT2D eigenvalue weighted by atomic mass is 9.95. The molecule has 5 N–H and O–H groups in total. The number of halogens is 2. The van der Waals surface area contributed by atoms with E-state index in [4.69, 9.17) is 16.9 Å². The third-order valence-electron chi connectivity index (χ3n) is 4.49. The molecule has 2 aromatic carbocycles. The first-order valence-electron chi connectivity index (χ1n) is 8.73. The Hall–Kier alpha value is -2.34. The van der Waals surface area contributed by atoms with E-state index in [9.17, 15) is 4.79 Å². The van der Waals surface area contributed by atoms with Gasteiger partial charge in [0.15, 0.2) is 0 Å². The van der Waals surface area contributed by atoms with Gasteiger partial charge < -0.3 is 16.0 Å². The van der Waals surface area contributed by atoms with Crippen molar-refractivity contribution in [3.8, 4) is 11.1 Å². The zero-order chi connectivity index (χ0) is 18.8. The minimum Gasteiger partial charge on any atom is -0.384 e. The number of nitrogens with zero attached hydrogens (tertiary/aromatic N) is 1. The van der Waals surface area contributed by atoms with Crippen LogP contribution >= 0.6 is 24.8 Å². The number of hydrogen-bond donors (Lipinski definition) is 3. The summed E-state index contributed by atoms with van der Waals surface area (Å²) in [6.07, 6.45) is 0. The standard InChI is InChI=1S/C21H24N4O.2ClH/c1-13(2)12-25-18(11-22)19(14-6-4-3-5-7-14)17-10-15(20(23)24)8-9-16(17)21(25)26;;/h3-10,13H,11-12,22H2,1-2H3,(H3,23,24);2*1H. The Morgan fingerprint density at radius 1 is 1.07 bits per heavy atom. The molecule has 0 radical (unpaired) electrons. The molecule has 5 nitrogen and oxygen atoms in total. The summed E-state index contributed by atoms with van der Waals surface area (Å²) in [7, 11) is 0. The first-order valence-corrected chi connectivity index (χ1v) is 8.73. The Balaban J connectivity index is 0.00000196. The number of nitrogens with one attached hydrogen (secondary N) is 1. The Bertz CT molecular complexity index is 1030. The zero-order valence-corrected chi connectivity index (χ0v) is 17.6. The molecule has 0 saturated heterocycles. The van der Waals surface area contributed by atoms with Crippen LogP contribution in [-0.2, 0) is 13.1 Å². The zero-order valence-electron chi connectivity index (χ0n) is 15.9. The predicted molar refractivity (Wildman–Crippen MR) is 122 cm³/mol. The molecule has 28 heavy (non-hydrogen) atoms. The molecule has 0 aliphatic carbocycles. The summed E-state index contributed by atoms with van der Waals surface area (Å²) in [5, 5.41) is 9.15. The molecule has 0 saturated carbocycles. The van der Waals surface area contributed by atoms with Crippen LogP contribution in [0.4, 0.5) is 0 Å². The average molecular weight is 421 g/mol. The smallest absolute Gasteiger partial charge is 0.258 e. The van der Waals surface area contributed by atoms with Crippen molar-refractivity contribution in [3.63, 3.8) is 0 Å². The van der Waals surface area contributed by atoms with Crippen LogP contribution in [0.25, 0.3) is 21.9 Å². The van der Waals surface area contributed by atoms with Crippen LogP contribution in [0.15, 0.2) is 53.3 Å². The van der Waals surface area contributed by atoms with Gasteiger partial charge in [-0.05, 0) is 29.0 Å². The Kier molecular flexibility index (Phi) is 8.24. The van der Waals surface area contributed by atoms with Gasteiger partial charge in [-0.25, -0.2) is 0 Å². The van der Waals surface area contributed by atoms with E-state index in [1.807, 2.05) is 36.4 Å². The fraction of sp³-hybridized carbons (Fsp3) is 0.238. The number of nitrogens with two attached hydrogens (primary N) is 2. The van der Waals surface area contributed by atoms with E-state index >= 15 is 0 Å². The molecule has 0 aliphatic heterocycles. The van der Waals surface area contributed by atoms with Crippen LogP contribution in [0.2, 0.25) is 0 Å². The summed E-state index contributed by atoms with van der Waals surface area (Å²) in [5.41, 5.74) is 15.1. The number of rotatable bonds is 5. The lowest BCUT2D eigenvalue weighted by Gasteiger charge is -2.21. The summed E-state index contributed by atoms with van der Waals surface area (Å²) in [6.45, 7) is 5.03. The molecule has 0 fully saturated rings. The number of amidine groups is 1. The van der Waals surface area contributed by atoms with Crippen LogP contribution in [0.3, 0.4) is 0 Å². The van der Waals surface area contributed by atoms with Crippen molar-refractivity contribution in [1.82, 2.24) is 4.57 Å². The van der Waals surface area contributed by atoms with Gasteiger partial charge in [0.25, 0.3) is 5.56 Å². The van der Waals surface area contributed by atoms with Gasteiger partial charge in [-0.15, -0.1) is 24.8 Å². The predicted octanol–water partition coefficient (Wildman–Crippen LogP) is 3.91. The molecule has 3 rings (SSSR count). The Morgan fingerprint density at radius 2 is 1.71 bits per heavy atom. The molecule has 7 heteroatoms. The molecule has 0 spiro atoms.